The zero-order valence-electron chi connectivity index (χ0n) is 81.8. The summed E-state index contributed by atoms with van der Waals surface area (Å²) in [7, 11) is 0. The molecule has 7 heterocycles. The van der Waals surface area contributed by atoms with E-state index in [4.69, 9.17) is 4.98 Å². The summed E-state index contributed by atoms with van der Waals surface area (Å²) in [5.41, 5.74) is 43.0. The summed E-state index contributed by atoms with van der Waals surface area (Å²) in [5, 5.41) is 14.5. The van der Waals surface area contributed by atoms with Crippen molar-refractivity contribution in [2.24, 2.45) is 0 Å². The van der Waals surface area contributed by atoms with Crippen molar-refractivity contribution in [3.8, 4) is 146 Å². The number of para-hydroxylation sites is 3. The number of fused-ring (bicyclic) bond motifs is 18. The second kappa shape index (κ2) is 36.1. The molecule has 7 aromatic heterocycles. The molecule has 0 aliphatic rings. The third-order valence-electron chi connectivity index (χ3n) is 30.7. The van der Waals surface area contributed by atoms with Crippen molar-refractivity contribution in [2.75, 3.05) is 0 Å². The fourth-order valence-electron chi connectivity index (χ4n) is 23.5. The highest BCUT2D eigenvalue weighted by Gasteiger charge is 2.26. The molecule has 0 radical (unpaired) electrons. The van der Waals surface area contributed by atoms with Crippen LogP contribution in [0.4, 0.5) is 0 Å². The van der Waals surface area contributed by atoms with Crippen LogP contribution in [-0.2, 0) is 0 Å². The molecule has 0 aliphatic carbocycles. The molecule has 0 spiro atoms. The van der Waals surface area contributed by atoms with E-state index in [-0.39, 0.29) is 0 Å². The zero-order chi connectivity index (χ0) is 98.8. The summed E-state index contributed by atoms with van der Waals surface area (Å²) in [6.07, 6.45) is 0. The largest absolute Gasteiger partial charge is 0.309 e. The van der Waals surface area contributed by atoms with E-state index in [1.807, 2.05) is 0 Å². The Balaban J connectivity index is 0.000000141. The molecule has 0 unspecified atom stereocenters. The third-order valence-corrected chi connectivity index (χ3v) is 30.7. The second-order valence-electron chi connectivity index (χ2n) is 39.3. The van der Waals surface area contributed by atoms with Crippen LogP contribution >= 0.6 is 0 Å². The average Bonchev–Trinajstić information content (AvgIpc) is 1.57. The van der Waals surface area contributed by atoms with Crippen molar-refractivity contribution in [3.05, 3.63) is 564 Å². The maximum atomic E-state index is 5.46. The smallest absolute Gasteiger partial charge is 0.138 e. The number of aromatic nitrogens is 7. The van der Waals surface area contributed by atoms with Crippen molar-refractivity contribution in [3.63, 3.8) is 0 Å². The lowest BCUT2D eigenvalue weighted by Crippen LogP contribution is -2.00. The van der Waals surface area contributed by atoms with Crippen LogP contribution in [-0.4, -0.2) is 32.4 Å². The first-order valence-electron chi connectivity index (χ1n) is 51.5. The summed E-state index contributed by atoms with van der Waals surface area (Å²) < 4.78 is 14.5. The van der Waals surface area contributed by atoms with E-state index in [2.05, 4.69) is 592 Å². The van der Waals surface area contributed by atoms with Gasteiger partial charge in [0.25, 0.3) is 0 Å². The molecule has 0 N–H and O–H groups in total. The molecule has 30 aromatic rings. The lowest BCUT2D eigenvalue weighted by molar-refractivity contribution is 1.08. The summed E-state index contributed by atoms with van der Waals surface area (Å²) in [6.45, 7) is 0. The number of benzene rings is 23. The summed E-state index contributed by atoms with van der Waals surface area (Å²) in [6, 6.07) is 206. The zero-order valence-corrected chi connectivity index (χ0v) is 81.8. The summed E-state index contributed by atoms with van der Waals surface area (Å²) in [4.78, 5) is 5.46. The van der Waals surface area contributed by atoms with E-state index in [0.29, 0.717) is 0 Å². The number of rotatable bonds is 16. The molecule has 0 amide bonds. The SMILES string of the molecule is c1ccc(-c2cc(-c3ccccc3)nc(-n3c4ccc(-c5ccccc5)cc4c4cc(-c5ccc6c(c5)c5cc(-c7ccccc7)ccc5n6-c5ccc6c(c5)c5ccccc5n6-c5ccccc5)ccc43)c2)cc1.c1ccc(-c2ccc(-n3c4ccc(-c5ccccc5)cc4c4cc(-c5ccc6c(c5)c5cc(-c7ccccc7)ccc5n6-c5ccc6c(c5)c5cc(-c7ccccc7)ccc5n6-c5ccccc5)ccc43)cc2)cc1. The first-order valence-corrected chi connectivity index (χ1v) is 51.5. The van der Waals surface area contributed by atoms with Crippen LogP contribution in [0.25, 0.3) is 276 Å². The Morgan fingerprint density at radius 2 is 0.280 bits per heavy atom. The van der Waals surface area contributed by atoms with Crippen LogP contribution in [0.5, 0.6) is 0 Å². The lowest BCUT2D eigenvalue weighted by atomic mass is 9.98. The Bertz CT molecular complexity index is 10500. The van der Waals surface area contributed by atoms with Gasteiger partial charge in [-0.3, -0.25) is 4.57 Å². The van der Waals surface area contributed by atoms with Crippen LogP contribution in [0.3, 0.4) is 0 Å². The molecule has 7 heteroatoms. The molecule has 23 aromatic carbocycles. The third kappa shape index (κ3) is 14.9. The Kier molecular flexibility index (Phi) is 20.9. The summed E-state index contributed by atoms with van der Waals surface area (Å²) >= 11 is 0. The van der Waals surface area contributed by atoms with Crippen molar-refractivity contribution in [2.45, 2.75) is 0 Å². The second-order valence-corrected chi connectivity index (χ2v) is 39.3. The molecular weight excluding hydrogens is 1820 g/mol. The number of hydrogen-bond donors (Lipinski definition) is 0. The first kappa shape index (κ1) is 86.7. The van der Waals surface area contributed by atoms with Crippen molar-refractivity contribution in [1.82, 2.24) is 32.4 Å². The minimum absolute atomic E-state index is 0.877. The van der Waals surface area contributed by atoms with Gasteiger partial charge in [-0.25, -0.2) is 4.98 Å². The quantitative estimate of drug-likeness (QED) is 0.0951. The van der Waals surface area contributed by atoms with E-state index in [0.717, 1.165) is 84.3 Å². The van der Waals surface area contributed by atoms with Crippen LogP contribution in [0.2, 0.25) is 0 Å². The fourth-order valence-corrected chi connectivity index (χ4v) is 23.5. The van der Waals surface area contributed by atoms with E-state index >= 15 is 0 Å². The van der Waals surface area contributed by atoms with Crippen LogP contribution < -0.4 is 0 Å². The van der Waals surface area contributed by atoms with Crippen LogP contribution in [0, 0.1) is 0 Å². The Labute approximate surface area is 866 Å². The maximum absolute atomic E-state index is 5.46. The van der Waals surface area contributed by atoms with Crippen molar-refractivity contribution in [1.29, 1.82) is 0 Å². The number of hydrogen-bond acceptors (Lipinski definition) is 1. The van der Waals surface area contributed by atoms with Gasteiger partial charge in [0.05, 0.1) is 71.9 Å². The van der Waals surface area contributed by atoms with E-state index in [1.165, 1.54) is 192 Å². The van der Waals surface area contributed by atoms with Gasteiger partial charge in [0.15, 0.2) is 0 Å². The maximum Gasteiger partial charge on any atom is 0.138 e. The molecular formula is C143H93N7. The van der Waals surface area contributed by atoms with E-state index < -0.39 is 0 Å². The van der Waals surface area contributed by atoms with Gasteiger partial charge in [0.1, 0.15) is 5.82 Å². The minimum atomic E-state index is 0.877. The minimum Gasteiger partial charge on any atom is -0.309 e. The highest BCUT2D eigenvalue weighted by molar-refractivity contribution is 6.19. The normalized spacial score (nSPS) is 11.7. The van der Waals surface area contributed by atoms with Gasteiger partial charge in [-0.15, -0.1) is 0 Å². The molecule has 0 atom stereocenters. The molecule has 7 nitrogen and oxygen atoms in total. The van der Waals surface area contributed by atoms with Gasteiger partial charge < -0.3 is 22.8 Å². The number of pyridine rings is 1. The highest BCUT2D eigenvalue weighted by Crippen LogP contribution is 2.48. The van der Waals surface area contributed by atoms with E-state index in [1.54, 1.807) is 0 Å². The molecule has 0 aliphatic heterocycles. The van der Waals surface area contributed by atoms with Crippen molar-refractivity contribution >= 4 is 131 Å². The molecule has 0 bridgehead atoms. The van der Waals surface area contributed by atoms with Gasteiger partial charge in [0, 0.05) is 98.6 Å². The molecule has 150 heavy (non-hydrogen) atoms. The Hall–Kier alpha value is -20.0. The van der Waals surface area contributed by atoms with Crippen molar-refractivity contribution < 1.29 is 0 Å². The lowest BCUT2D eigenvalue weighted by Gasteiger charge is -2.13. The Morgan fingerprint density at radius 3 is 0.573 bits per heavy atom. The van der Waals surface area contributed by atoms with Gasteiger partial charge in [-0.05, 0) is 300 Å². The highest BCUT2D eigenvalue weighted by atomic mass is 15.1. The first-order chi connectivity index (χ1) is 74.4. The standard InChI is InChI=1S/C72H47N3.C71H46N4/c1-6-16-48(17-7-1)52-26-33-59(34-27-52)74-67-36-28-53(49-18-8-2-9-19-49)42-61(67)63-45-56(31-39-68(63)74)57-32-40-71-64(46-57)62-43-54(50-20-10-3-11-21-50)30-38-70(62)75(71)60-35-41-72-66(47-60)65-44-55(51-22-12-4-13-23-51)29-37-69(65)73(72)58-24-14-5-15-25-58;1-6-18-47(19-7-1)51-30-35-66-59(40-51)60-42-53(32-36-67(60)74(66)57-34-39-68-63(46-57)58-28-16-17-29-65(58)73(68)56-26-14-5-15-27-56)54-33-38-70-62(43-54)61-41-52(48-20-8-2-9-21-48)31-37-69(61)75(70)71-45-55(49-22-10-3-11-23-49)44-64(72-71)50-24-12-4-13-25-50/h1-47H;1-46H. The molecule has 0 saturated heterocycles. The average molecular weight is 1910 g/mol. The van der Waals surface area contributed by atoms with Gasteiger partial charge >= 0.3 is 0 Å². The molecule has 30 rings (SSSR count). The molecule has 0 saturated carbocycles. The topological polar surface area (TPSA) is 42.5 Å². The summed E-state index contributed by atoms with van der Waals surface area (Å²) in [5.74, 6) is 0.877. The predicted molar refractivity (Wildman–Crippen MR) is 631 cm³/mol. The van der Waals surface area contributed by atoms with Gasteiger partial charge in [0.2, 0.25) is 0 Å². The number of nitrogens with zero attached hydrogens (tertiary/aromatic N) is 7. The van der Waals surface area contributed by atoms with Crippen LogP contribution in [0.1, 0.15) is 0 Å². The fraction of sp³-hybridized carbons (Fsp3) is 0. The van der Waals surface area contributed by atoms with Crippen LogP contribution in [0.15, 0.2) is 564 Å². The monoisotopic (exact) mass is 1910 g/mol. The van der Waals surface area contributed by atoms with E-state index in [9.17, 15) is 0 Å². The predicted octanol–water partition coefficient (Wildman–Crippen LogP) is 38.0. The van der Waals surface area contributed by atoms with Gasteiger partial charge in [-0.1, -0.05) is 364 Å². The Morgan fingerprint density at radius 1 is 0.100 bits per heavy atom. The molecule has 700 valence electrons. The molecule has 0 fully saturated rings. The van der Waals surface area contributed by atoms with Gasteiger partial charge in [-0.2, -0.15) is 0 Å².